The summed E-state index contributed by atoms with van der Waals surface area (Å²) in [5, 5.41) is 4.44. The SMILES string of the molecule is COC(=O)c1cccc(NC(=O)C(=O)Nc2ccc(F)c(Cl)c2)c1. The van der Waals surface area contributed by atoms with Crippen molar-refractivity contribution in [3.8, 4) is 0 Å². The van der Waals surface area contributed by atoms with Crippen LogP contribution >= 0.6 is 11.6 Å². The highest BCUT2D eigenvalue weighted by molar-refractivity contribution is 6.43. The van der Waals surface area contributed by atoms with E-state index in [0.717, 1.165) is 6.07 Å². The molecule has 0 heterocycles. The van der Waals surface area contributed by atoms with E-state index in [-0.39, 0.29) is 22.0 Å². The van der Waals surface area contributed by atoms with Crippen LogP contribution in [0.15, 0.2) is 42.5 Å². The van der Waals surface area contributed by atoms with Crippen LogP contribution in [-0.4, -0.2) is 24.9 Å². The first-order valence-electron chi connectivity index (χ1n) is 6.66. The molecule has 0 saturated carbocycles. The van der Waals surface area contributed by atoms with Gasteiger partial charge in [-0.2, -0.15) is 0 Å². The Morgan fingerprint density at radius 1 is 1.00 bits per heavy atom. The van der Waals surface area contributed by atoms with Crippen LogP contribution < -0.4 is 10.6 Å². The van der Waals surface area contributed by atoms with Crippen molar-refractivity contribution in [2.45, 2.75) is 0 Å². The summed E-state index contributed by atoms with van der Waals surface area (Å²) in [6.07, 6.45) is 0. The van der Waals surface area contributed by atoms with Crippen LogP contribution in [0.4, 0.5) is 15.8 Å². The number of carbonyl (C=O) groups excluding carboxylic acids is 3. The maximum Gasteiger partial charge on any atom is 0.337 e. The van der Waals surface area contributed by atoms with E-state index in [0.29, 0.717) is 0 Å². The van der Waals surface area contributed by atoms with E-state index in [1.165, 1.54) is 43.5 Å². The van der Waals surface area contributed by atoms with Crippen molar-refractivity contribution < 1.29 is 23.5 Å². The summed E-state index contributed by atoms with van der Waals surface area (Å²) in [5.41, 5.74) is 0.640. The molecule has 0 saturated heterocycles. The number of anilines is 2. The molecular formula is C16H12ClFN2O4. The number of methoxy groups -OCH3 is 1. The maximum absolute atomic E-state index is 13.1. The molecule has 2 aromatic rings. The number of nitrogens with one attached hydrogen (secondary N) is 2. The van der Waals surface area contributed by atoms with Crippen molar-refractivity contribution in [1.82, 2.24) is 0 Å². The third kappa shape index (κ3) is 4.30. The van der Waals surface area contributed by atoms with Crippen LogP contribution in [-0.2, 0) is 14.3 Å². The fraction of sp³-hybridized carbons (Fsp3) is 0.0625. The Kier molecular flexibility index (Phi) is 5.49. The number of ether oxygens (including phenoxy) is 1. The van der Waals surface area contributed by atoms with Gasteiger partial charge in [-0.15, -0.1) is 0 Å². The van der Waals surface area contributed by atoms with Crippen LogP contribution in [0.25, 0.3) is 0 Å². The Morgan fingerprint density at radius 3 is 2.21 bits per heavy atom. The van der Waals surface area contributed by atoms with Gasteiger partial charge in [0.2, 0.25) is 0 Å². The van der Waals surface area contributed by atoms with Gasteiger partial charge in [0.25, 0.3) is 0 Å². The quantitative estimate of drug-likeness (QED) is 0.658. The first kappa shape index (κ1) is 17.4. The Hall–Kier alpha value is -2.93. The van der Waals surface area contributed by atoms with Crippen LogP contribution in [0, 0.1) is 5.82 Å². The molecule has 6 nitrogen and oxygen atoms in total. The van der Waals surface area contributed by atoms with E-state index in [2.05, 4.69) is 15.4 Å². The average molecular weight is 351 g/mol. The summed E-state index contributed by atoms with van der Waals surface area (Å²) in [4.78, 5) is 35.1. The Morgan fingerprint density at radius 2 is 1.62 bits per heavy atom. The van der Waals surface area contributed by atoms with Gasteiger partial charge in [-0.25, -0.2) is 9.18 Å². The number of carbonyl (C=O) groups is 3. The minimum atomic E-state index is -0.971. The van der Waals surface area contributed by atoms with Crippen molar-refractivity contribution in [2.24, 2.45) is 0 Å². The standard InChI is InChI=1S/C16H12ClFN2O4/c1-24-16(23)9-3-2-4-10(7-9)19-14(21)15(22)20-11-5-6-13(18)12(17)8-11/h2-8H,1H3,(H,19,21)(H,20,22). The third-order valence-corrected chi connectivity index (χ3v) is 3.21. The number of amides is 2. The van der Waals surface area contributed by atoms with Crippen LogP contribution in [0.1, 0.15) is 10.4 Å². The van der Waals surface area contributed by atoms with Gasteiger partial charge in [0.05, 0.1) is 17.7 Å². The minimum Gasteiger partial charge on any atom is -0.465 e. The summed E-state index contributed by atoms with van der Waals surface area (Å²) in [6, 6.07) is 9.42. The lowest BCUT2D eigenvalue weighted by atomic mass is 10.2. The molecule has 0 spiro atoms. The second-order valence-corrected chi connectivity index (χ2v) is 5.02. The molecular weight excluding hydrogens is 339 g/mol. The molecule has 2 aromatic carbocycles. The molecule has 0 aliphatic carbocycles. The lowest BCUT2D eigenvalue weighted by Gasteiger charge is -2.08. The second-order valence-electron chi connectivity index (χ2n) is 4.61. The van der Waals surface area contributed by atoms with Gasteiger partial charge in [0.1, 0.15) is 5.82 Å². The van der Waals surface area contributed by atoms with E-state index in [9.17, 15) is 18.8 Å². The van der Waals surface area contributed by atoms with E-state index in [1.807, 2.05) is 0 Å². The molecule has 2 amide bonds. The summed E-state index contributed by atoms with van der Waals surface area (Å²) in [5.74, 6) is -3.14. The molecule has 0 fully saturated rings. The molecule has 0 aliphatic heterocycles. The Labute approximate surface area is 141 Å². The lowest BCUT2D eigenvalue weighted by molar-refractivity contribution is -0.132. The molecule has 2 N–H and O–H groups in total. The first-order valence-corrected chi connectivity index (χ1v) is 7.04. The van der Waals surface area contributed by atoms with Crippen LogP contribution in [0.5, 0.6) is 0 Å². The highest BCUT2D eigenvalue weighted by Crippen LogP contribution is 2.19. The predicted molar refractivity (Wildman–Crippen MR) is 86.5 cm³/mol. The molecule has 0 aliphatic rings. The highest BCUT2D eigenvalue weighted by Gasteiger charge is 2.15. The molecule has 2 rings (SSSR count). The van der Waals surface area contributed by atoms with Crippen molar-refractivity contribution >= 4 is 40.8 Å². The van der Waals surface area contributed by atoms with E-state index < -0.39 is 23.6 Å². The Bertz CT molecular complexity index is 810. The van der Waals surface area contributed by atoms with Gasteiger partial charge < -0.3 is 15.4 Å². The van der Waals surface area contributed by atoms with E-state index >= 15 is 0 Å². The van der Waals surface area contributed by atoms with E-state index in [4.69, 9.17) is 11.6 Å². The van der Waals surface area contributed by atoms with Gasteiger partial charge in [-0.05, 0) is 36.4 Å². The molecule has 24 heavy (non-hydrogen) atoms. The normalized spacial score (nSPS) is 9.96. The van der Waals surface area contributed by atoms with Gasteiger partial charge in [-0.1, -0.05) is 17.7 Å². The van der Waals surface area contributed by atoms with Gasteiger partial charge >= 0.3 is 17.8 Å². The van der Waals surface area contributed by atoms with Crippen molar-refractivity contribution in [1.29, 1.82) is 0 Å². The second kappa shape index (κ2) is 7.56. The minimum absolute atomic E-state index is 0.171. The van der Waals surface area contributed by atoms with Gasteiger partial charge in [0, 0.05) is 11.4 Å². The number of hydrogen-bond acceptors (Lipinski definition) is 4. The number of rotatable bonds is 3. The summed E-state index contributed by atoms with van der Waals surface area (Å²) in [7, 11) is 1.23. The van der Waals surface area contributed by atoms with Crippen molar-refractivity contribution in [3.63, 3.8) is 0 Å². The molecule has 0 unspecified atom stereocenters. The fourth-order valence-corrected chi connectivity index (χ4v) is 1.97. The topological polar surface area (TPSA) is 84.5 Å². The monoisotopic (exact) mass is 350 g/mol. The molecule has 0 atom stereocenters. The number of halogens is 2. The smallest absolute Gasteiger partial charge is 0.337 e. The van der Waals surface area contributed by atoms with E-state index in [1.54, 1.807) is 0 Å². The zero-order valence-corrected chi connectivity index (χ0v) is 13.2. The molecule has 124 valence electrons. The molecule has 8 heteroatoms. The maximum atomic E-state index is 13.1. The fourth-order valence-electron chi connectivity index (χ4n) is 1.79. The first-order chi connectivity index (χ1) is 11.4. The van der Waals surface area contributed by atoms with Crippen molar-refractivity contribution in [3.05, 3.63) is 58.9 Å². The van der Waals surface area contributed by atoms with Crippen LogP contribution in [0.2, 0.25) is 5.02 Å². The van der Waals surface area contributed by atoms with Crippen LogP contribution in [0.3, 0.4) is 0 Å². The molecule has 0 radical (unpaired) electrons. The molecule has 0 aromatic heterocycles. The van der Waals surface area contributed by atoms with Gasteiger partial charge in [0.15, 0.2) is 0 Å². The molecule has 0 bridgehead atoms. The highest BCUT2D eigenvalue weighted by atomic mass is 35.5. The average Bonchev–Trinajstić information content (AvgIpc) is 2.57. The summed E-state index contributed by atoms with van der Waals surface area (Å²) < 4.78 is 17.6. The predicted octanol–water partition coefficient (Wildman–Crippen LogP) is 2.84. The number of benzene rings is 2. The summed E-state index contributed by atoms with van der Waals surface area (Å²) >= 11 is 5.60. The third-order valence-electron chi connectivity index (χ3n) is 2.93. The largest absolute Gasteiger partial charge is 0.465 e. The van der Waals surface area contributed by atoms with Gasteiger partial charge in [-0.3, -0.25) is 9.59 Å². The zero-order chi connectivity index (χ0) is 17.7. The summed E-state index contributed by atoms with van der Waals surface area (Å²) in [6.45, 7) is 0. The number of hydrogen-bond donors (Lipinski definition) is 2. The van der Waals surface area contributed by atoms with Crippen molar-refractivity contribution in [2.75, 3.05) is 17.7 Å². The Balaban J connectivity index is 2.05. The zero-order valence-electron chi connectivity index (χ0n) is 12.4. The number of esters is 1. The lowest BCUT2D eigenvalue weighted by Crippen LogP contribution is -2.29.